The monoisotopic (exact) mass is 195 g/mol. The molecule has 0 amide bonds. The van der Waals surface area contributed by atoms with Crippen LogP contribution in [0.2, 0.25) is 0 Å². The number of hydrogen-bond acceptors (Lipinski definition) is 5. The molecule has 1 saturated carbocycles. The first-order valence-electron chi connectivity index (χ1n) is 4.20. The van der Waals surface area contributed by atoms with Gasteiger partial charge in [-0.1, -0.05) is 11.3 Å². The van der Waals surface area contributed by atoms with Crippen molar-refractivity contribution in [3.05, 3.63) is 11.3 Å². The molecule has 6 heteroatoms. The highest BCUT2D eigenvalue weighted by molar-refractivity contribution is 7.16. The van der Waals surface area contributed by atoms with Crippen molar-refractivity contribution >= 4 is 16.3 Å². The van der Waals surface area contributed by atoms with Crippen molar-refractivity contribution in [2.75, 3.05) is 0 Å². The molecule has 2 aromatic heterocycles. The van der Waals surface area contributed by atoms with Crippen LogP contribution in [-0.4, -0.2) is 25.4 Å². The molecule has 1 aliphatic rings. The van der Waals surface area contributed by atoms with Gasteiger partial charge in [0.2, 0.25) is 4.96 Å². The summed E-state index contributed by atoms with van der Waals surface area (Å²) < 4.78 is 1.70. The summed E-state index contributed by atoms with van der Waals surface area (Å²) in [6.07, 6.45) is 4.73. The average Bonchev–Trinajstić information content (AvgIpc) is 2.51. The van der Waals surface area contributed by atoms with Gasteiger partial charge in [-0.25, -0.2) is 0 Å². The third kappa shape index (κ3) is 1.22. The van der Waals surface area contributed by atoms with Crippen molar-refractivity contribution in [3.63, 3.8) is 0 Å². The van der Waals surface area contributed by atoms with Gasteiger partial charge in [-0.05, 0) is 12.8 Å². The molecule has 13 heavy (non-hydrogen) atoms. The van der Waals surface area contributed by atoms with Crippen LogP contribution in [-0.2, 0) is 6.42 Å². The molecule has 0 atom stereocenters. The first-order valence-corrected chi connectivity index (χ1v) is 5.01. The molecule has 68 valence electrons. The highest BCUT2D eigenvalue weighted by Crippen LogP contribution is 2.36. The minimum atomic E-state index is 0.0310. The molecule has 0 aliphatic heterocycles. The summed E-state index contributed by atoms with van der Waals surface area (Å²) in [5, 5.41) is 13.1. The largest absolute Gasteiger partial charge is 0.325 e. The first-order chi connectivity index (χ1) is 6.25. The smallest absolute Gasteiger partial charge is 0.234 e. The molecule has 0 aromatic carbocycles. The van der Waals surface area contributed by atoms with E-state index in [0.29, 0.717) is 0 Å². The Morgan fingerprint density at radius 1 is 1.62 bits per heavy atom. The molecule has 0 unspecified atom stereocenters. The number of nitrogens with two attached hydrogens (primary N) is 1. The zero-order valence-electron chi connectivity index (χ0n) is 6.97. The van der Waals surface area contributed by atoms with Crippen LogP contribution >= 0.6 is 11.3 Å². The second kappa shape index (κ2) is 2.27. The summed E-state index contributed by atoms with van der Waals surface area (Å²) in [6.45, 7) is 0. The molecule has 2 heterocycles. The van der Waals surface area contributed by atoms with Gasteiger partial charge >= 0.3 is 0 Å². The summed E-state index contributed by atoms with van der Waals surface area (Å²) >= 11 is 1.57. The van der Waals surface area contributed by atoms with E-state index in [0.717, 1.165) is 29.2 Å². The zero-order chi connectivity index (χ0) is 8.89. The van der Waals surface area contributed by atoms with E-state index in [2.05, 4.69) is 15.3 Å². The molecule has 1 aliphatic carbocycles. The van der Waals surface area contributed by atoms with Crippen molar-refractivity contribution in [1.29, 1.82) is 0 Å². The Balaban J connectivity index is 1.94. The molecular weight excluding hydrogens is 186 g/mol. The molecule has 2 aromatic rings. The summed E-state index contributed by atoms with van der Waals surface area (Å²) in [5.41, 5.74) is 6.02. The van der Waals surface area contributed by atoms with E-state index in [1.54, 1.807) is 22.2 Å². The molecule has 5 nitrogen and oxygen atoms in total. The number of rotatable bonds is 2. The van der Waals surface area contributed by atoms with Crippen LogP contribution in [0, 0.1) is 0 Å². The third-order valence-corrected chi connectivity index (χ3v) is 3.24. The van der Waals surface area contributed by atoms with Gasteiger partial charge in [0.1, 0.15) is 11.3 Å². The molecule has 3 rings (SSSR count). The Bertz CT molecular complexity index is 412. The molecule has 0 radical (unpaired) electrons. The fourth-order valence-electron chi connectivity index (χ4n) is 1.31. The van der Waals surface area contributed by atoms with E-state index >= 15 is 0 Å². The van der Waals surface area contributed by atoms with Crippen molar-refractivity contribution in [2.24, 2.45) is 5.73 Å². The van der Waals surface area contributed by atoms with Crippen LogP contribution in [0.1, 0.15) is 17.8 Å². The van der Waals surface area contributed by atoms with Gasteiger partial charge in [-0.3, -0.25) is 0 Å². The summed E-state index contributed by atoms with van der Waals surface area (Å²) in [6, 6.07) is 0. The van der Waals surface area contributed by atoms with Crippen LogP contribution in [0.5, 0.6) is 0 Å². The van der Waals surface area contributed by atoms with Gasteiger partial charge < -0.3 is 5.73 Å². The number of aromatic nitrogens is 4. The molecule has 2 N–H and O–H groups in total. The lowest BCUT2D eigenvalue weighted by Gasteiger charge is -2.02. The summed E-state index contributed by atoms with van der Waals surface area (Å²) in [7, 11) is 0. The topological polar surface area (TPSA) is 69.1 Å². The van der Waals surface area contributed by atoms with Crippen molar-refractivity contribution in [3.8, 4) is 0 Å². The second-order valence-electron chi connectivity index (χ2n) is 3.59. The number of fused-ring (bicyclic) bond motifs is 1. The standard InChI is InChI=1S/C7H9N5S/c8-7(1-2-7)3-5-11-12-4-9-10-6(12)13-5/h4H,1-3,8H2. The van der Waals surface area contributed by atoms with Gasteiger partial charge in [0.15, 0.2) is 0 Å². The maximum Gasteiger partial charge on any atom is 0.234 e. The number of hydrogen-bond donors (Lipinski definition) is 1. The van der Waals surface area contributed by atoms with Crippen LogP contribution in [0.3, 0.4) is 0 Å². The van der Waals surface area contributed by atoms with Gasteiger partial charge in [0.25, 0.3) is 0 Å². The van der Waals surface area contributed by atoms with Gasteiger partial charge in [0.05, 0.1) is 0 Å². The predicted molar refractivity (Wildman–Crippen MR) is 48.5 cm³/mol. The highest BCUT2D eigenvalue weighted by atomic mass is 32.1. The third-order valence-electron chi connectivity index (χ3n) is 2.32. The quantitative estimate of drug-likeness (QED) is 0.744. The lowest BCUT2D eigenvalue weighted by molar-refractivity contribution is 0.660. The Kier molecular flexibility index (Phi) is 1.29. The van der Waals surface area contributed by atoms with Gasteiger partial charge in [-0.15, -0.1) is 10.2 Å². The van der Waals surface area contributed by atoms with E-state index < -0.39 is 0 Å². The van der Waals surface area contributed by atoms with Crippen molar-refractivity contribution < 1.29 is 0 Å². The van der Waals surface area contributed by atoms with Crippen LogP contribution in [0.25, 0.3) is 4.96 Å². The van der Waals surface area contributed by atoms with E-state index in [1.165, 1.54) is 0 Å². The Morgan fingerprint density at radius 2 is 2.46 bits per heavy atom. The average molecular weight is 195 g/mol. The maximum absolute atomic E-state index is 5.99. The van der Waals surface area contributed by atoms with Crippen LogP contribution in [0.15, 0.2) is 6.33 Å². The van der Waals surface area contributed by atoms with E-state index in [4.69, 9.17) is 5.73 Å². The van der Waals surface area contributed by atoms with E-state index in [9.17, 15) is 0 Å². The Hall–Kier alpha value is -1.01. The fourth-order valence-corrected chi connectivity index (χ4v) is 2.28. The number of nitrogens with zero attached hydrogens (tertiary/aromatic N) is 4. The molecule has 0 bridgehead atoms. The minimum Gasteiger partial charge on any atom is -0.325 e. The minimum absolute atomic E-state index is 0.0310. The Morgan fingerprint density at radius 3 is 3.15 bits per heavy atom. The van der Waals surface area contributed by atoms with Crippen molar-refractivity contribution in [2.45, 2.75) is 24.8 Å². The first kappa shape index (κ1) is 7.40. The fraction of sp³-hybridized carbons (Fsp3) is 0.571. The molecule has 1 fully saturated rings. The molecule has 0 spiro atoms. The van der Waals surface area contributed by atoms with Crippen molar-refractivity contribution in [1.82, 2.24) is 19.8 Å². The SMILES string of the molecule is NC1(Cc2nn3cnnc3s2)CC1. The summed E-state index contributed by atoms with van der Waals surface area (Å²) in [5.74, 6) is 0. The normalized spacial score (nSPS) is 19.5. The lowest BCUT2D eigenvalue weighted by atomic mass is 10.2. The molecular formula is C7H9N5S. The molecule has 0 saturated heterocycles. The van der Waals surface area contributed by atoms with E-state index in [-0.39, 0.29) is 5.54 Å². The second-order valence-corrected chi connectivity index (χ2v) is 4.63. The highest BCUT2D eigenvalue weighted by Gasteiger charge is 2.39. The van der Waals surface area contributed by atoms with Gasteiger partial charge in [0, 0.05) is 12.0 Å². The predicted octanol–water partition coefficient (Wildman–Crippen LogP) is 0.220. The lowest BCUT2D eigenvalue weighted by Crippen LogP contribution is -2.24. The van der Waals surface area contributed by atoms with Gasteiger partial charge in [-0.2, -0.15) is 9.61 Å². The summed E-state index contributed by atoms with van der Waals surface area (Å²) in [4.78, 5) is 0.847. The zero-order valence-corrected chi connectivity index (χ0v) is 7.79. The van der Waals surface area contributed by atoms with Crippen LogP contribution < -0.4 is 5.73 Å². The van der Waals surface area contributed by atoms with E-state index in [1.807, 2.05) is 0 Å². The maximum atomic E-state index is 5.99. The van der Waals surface area contributed by atoms with Crippen LogP contribution in [0.4, 0.5) is 0 Å². The Labute approximate surface area is 78.6 Å².